The predicted molar refractivity (Wildman–Crippen MR) is 159 cm³/mol. The number of likely N-dealkylation sites (tertiary alicyclic amines) is 1. The van der Waals surface area contributed by atoms with E-state index in [1.165, 1.54) is 12.1 Å². The summed E-state index contributed by atoms with van der Waals surface area (Å²) >= 11 is 0. The number of aromatic nitrogens is 1. The molecule has 1 aliphatic rings. The smallest absolute Gasteiger partial charge is 0.431 e. The Kier molecular flexibility index (Phi) is 9.84. The number of amides is 2. The highest BCUT2D eigenvalue weighted by molar-refractivity contribution is 6.04. The number of hydrogen-bond donors (Lipinski definition) is 3. The van der Waals surface area contributed by atoms with Crippen LogP contribution < -0.4 is 10.1 Å². The average Bonchev–Trinajstić information content (AvgIpc) is 3.52. The van der Waals surface area contributed by atoms with Crippen molar-refractivity contribution < 1.29 is 42.1 Å². The second-order valence-electron chi connectivity index (χ2n) is 10.7. The molecule has 12 heteroatoms. The summed E-state index contributed by atoms with van der Waals surface area (Å²) in [5.74, 6) is -2.48. The summed E-state index contributed by atoms with van der Waals surface area (Å²) < 4.78 is 51.4. The van der Waals surface area contributed by atoms with Crippen LogP contribution in [0.25, 0.3) is 11.5 Å². The first-order valence-corrected chi connectivity index (χ1v) is 14.5. The van der Waals surface area contributed by atoms with E-state index in [0.717, 1.165) is 11.1 Å². The maximum atomic E-state index is 13.6. The zero-order valence-electron chi connectivity index (χ0n) is 24.2. The molecule has 0 bridgehead atoms. The van der Waals surface area contributed by atoms with Crippen molar-refractivity contribution in [3.05, 3.63) is 101 Å². The van der Waals surface area contributed by atoms with Crippen molar-refractivity contribution in [2.75, 3.05) is 31.6 Å². The van der Waals surface area contributed by atoms with Gasteiger partial charge >= 0.3 is 12.3 Å². The van der Waals surface area contributed by atoms with Gasteiger partial charge in [0.05, 0.1) is 6.61 Å². The highest BCUT2D eigenvalue weighted by atomic mass is 19.4. The Bertz CT molecular complexity index is 1580. The number of hydrogen-bond acceptors (Lipinski definition) is 7. The third kappa shape index (κ3) is 7.70. The molecular formula is C33H32F3N3O6. The molecule has 1 unspecified atom stereocenters. The molecule has 0 spiro atoms. The number of aliphatic hydroxyl groups excluding tert-OH is 2. The van der Waals surface area contributed by atoms with Crippen LogP contribution in [0.3, 0.4) is 0 Å². The van der Waals surface area contributed by atoms with Crippen LogP contribution in [0.1, 0.15) is 58.5 Å². The molecule has 1 fully saturated rings. The number of aliphatic hydroxyl groups is 2. The van der Waals surface area contributed by atoms with E-state index >= 15 is 0 Å². The van der Waals surface area contributed by atoms with E-state index in [9.17, 15) is 27.9 Å². The molecule has 45 heavy (non-hydrogen) atoms. The van der Waals surface area contributed by atoms with Gasteiger partial charge in [0.25, 0.3) is 5.91 Å². The van der Waals surface area contributed by atoms with Crippen molar-refractivity contribution in [2.45, 2.75) is 37.3 Å². The summed E-state index contributed by atoms with van der Waals surface area (Å²) in [5, 5.41) is 21.1. The fourth-order valence-corrected chi connectivity index (χ4v) is 5.29. The molecule has 1 aliphatic heterocycles. The summed E-state index contributed by atoms with van der Waals surface area (Å²) in [5.41, 5.74) is 1.58. The fraction of sp³-hybridized carbons (Fsp3) is 0.303. The zero-order chi connectivity index (χ0) is 32.0. The molecule has 0 saturated carbocycles. The molecule has 2 amide bonds. The summed E-state index contributed by atoms with van der Waals surface area (Å²) in [6.07, 6.45) is -3.59. The normalized spacial score (nSPS) is 14.6. The lowest BCUT2D eigenvalue weighted by atomic mass is 9.89. The van der Waals surface area contributed by atoms with E-state index < -0.39 is 29.6 Å². The third-order valence-corrected chi connectivity index (χ3v) is 7.77. The van der Waals surface area contributed by atoms with Gasteiger partial charge in [-0.15, -0.1) is 0 Å². The minimum Gasteiger partial charge on any atom is -0.431 e. The first kappa shape index (κ1) is 31.7. The number of carbonyl (C=O) groups is 2. The minimum atomic E-state index is -4.91. The largest absolute Gasteiger partial charge is 0.452 e. The number of nitrogens with one attached hydrogen (secondary N) is 1. The van der Waals surface area contributed by atoms with E-state index in [2.05, 4.69) is 10.3 Å². The lowest BCUT2D eigenvalue weighted by Gasteiger charge is -2.31. The van der Waals surface area contributed by atoms with Crippen LogP contribution in [0.4, 0.5) is 23.7 Å². The topological polar surface area (TPSA) is 125 Å². The van der Waals surface area contributed by atoms with Gasteiger partial charge in [-0.2, -0.15) is 13.2 Å². The molecule has 5 rings (SSSR count). The van der Waals surface area contributed by atoms with Crippen molar-refractivity contribution in [1.82, 2.24) is 9.88 Å². The molecule has 3 aromatic carbocycles. The van der Waals surface area contributed by atoms with E-state index in [0.29, 0.717) is 49.4 Å². The molecule has 1 atom stereocenters. The number of rotatable bonds is 9. The summed E-state index contributed by atoms with van der Waals surface area (Å²) in [7, 11) is 0. The van der Waals surface area contributed by atoms with Crippen LogP contribution >= 0.6 is 0 Å². The van der Waals surface area contributed by atoms with Gasteiger partial charge in [-0.1, -0.05) is 42.5 Å². The van der Waals surface area contributed by atoms with Crippen LogP contribution in [-0.2, 0) is 6.18 Å². The van der Waals surface area contributed by atoms with Crippen molar-refractivity contribution in [3.63, 3.8) is 0 Å². The second kappa shape index (κ2) is 14.0. The van der Waals surface area contributed by atoms with Crippen molar-refractivity contribution in [3.8, 4) is 17.2 Å². The van der Waals surface area contributed by atoms with Crippen molar-refractivity contribution >= 4 is 17.7 Å². The van der Waals surface area contributed by atoms with Crippen LogP contribution in [0.2, 0.25) is 0 Å². The number of nitrogens with zero attached hydrogens (tertiary/aromatic N) is 2. The number of anilines is 1. The molecule has 2 heterocycles. The van der Waals surface area contributed by atoms with Crippen LogP contribution in [0.5, 0.6) is 5.75 Å². The minimum absolute atomic E-state index is 0.0369. The Hall–Kier alpha value is -4.68. The van der Waals surface area contributed by atoms with Gasteiger partial charge in [0.15, 0.2) is 5.69 Å². The number of benzene rings is 3. The molecule has 0 aliphatic carbocycles. The zero-order valence-corrected chi connectivity index (χ0v) is 24.2. The lowest BCUT2D eigenvalue weighted by Crippen LogP contribution is -2.39. The molecule has 3 N–H and O–H groups in total. The van der Waals surface area contributed by atoms with E-state index in [1.807, 2.05) is 0 Å². The number of carbonyl (C=O) groups excluding carboxylic acids is 2. The Balaban J connectivity index is 1.16. The van der Waals surface area contributed by atoms with Gasteiger partial charge < -0.3 is 29.6 Å². The Morgan fingerprint density at radius 3 is 2.24 bits per heavy atom. The first-order chi connectivity index (χ1) is 21.7. The molecule has 1 saturated heterocycles. The highest BCUT2D eigenvalue weighted by Crippen LogP contribution is 2.36. The van der Waals surface area contributed by atoms with Gasteiger partial charge in [-0.3, -0.25) is 4.79 Å². The summed E-state index contributed by atoms with van der Waals surface area (Å²) in [6, 6.07) is 21.7. The number of oxazole rings is 1. The molecule has 0 radical (unpaired) electrons. The van der Waals surface area contributed by atoms with Crippen LogP contribution in [0, 0.1) is 0 Å². The van der Waals surface area contributed by atoms with Gasteiger partial charge in [0.1, 0.15) is 5.75 Å². The predicted octanol–water partition coefficient (Wildman–Crippen LogP) is 6.45. The van der Waals surface area contributed by atoms with Gasteiger partial charge in [-0.25, -0.2) is 9.78 Å². The third-order valence-electron chi connectivity index (χ3n) is 7.77. The van der Waals surface area contributed by atoms with Crippen molar-refractivity contribution in [2.24, 2.45) is 0 Å². The van der Waals surface area contributed by atoms with E-state index in [1.54, 1.807) is 71.6 Å². The monoisotopic (exact) mass is 623 g/mol. The summed E-state index contributed by atoms with van der Waals surface area (Å²) in [6.45, 7) is 0.816. The van der Waals surface area contributed by atoms with Gasteiger partial charge in [0.2, 0.25) is 11.7 Å². The van der Waals surface area contributed by atoms with Crippen LogP contribution in [-0.4, -0.2) is 58.4 Å². The molecule has 1 aromatic heterocycles. The van der Waals surface area contributed by atoms with Gasteiger partial charge in [-0.05, 0) is 72.7 Å². The number of alkyl halides is 3. The van der Waals surface area contributed by atoms with Crippen LogP contribution in [0.15, 0.2) is 83.3 Å². The molecule has 4 aromatic rings. The molecule has 9 nitrogen and oxygen atoms in total. The van der Waals surface area contributed by atoms with Gasteiger partial charge in [0, 0.05) is 36.9 Å². The average molecular weight is 624 g/mol. The number of piperidine rings is 1. The Morgan fingerprint density at radius 2 is 1.64 bits per heavy atom. The highest BCUT2D eigenvalue weighted by Gasteiger charge is 2.42. The van der Waals surface area contributed by atoms with Crippen molar-refractivity contribution in [1.29, 1.82) is 0 Å². The molecular weight excluding hydrogens is 591 g/mol. The Morgan fingerprint density at radius 1 is 0.978 bits per heavy atom. The number of ether oxygens (including phenoxy) is 1. The fourth-order valence-electron chi connectivity index (χ4n) is 5.29. The van der Waals surface area contributed by atoms with E-state index in [4.69, 9.17) is 14.3 Å². The molecule has 236 valence electrons. The maximum absolute atomic E-state index is 13.6. The SMILES string of the molecule is O=C(Nc1ccc(C2CCN(C(=O)Oc3ccc(C(CO)CCO)cc3)CC2)cc1)c1nc(-c2ccccc2)oc1C(F)(F)F. The first-order valence-electron chi connectivity index (χ1n) is 14.5. The summed E-state index contributed by atoms with van der Waals surface area (Å²) in [4.78, 5) is 31.0. The second-order valence-corrected chi connectivity index (χ2v) is 10.7. The number of halogens is 3. The lowest BCUT2D eigenvalue weighted by molar-refractivity contribution is -0.153. The standard InChI is InChI=1S/C33H32F3N3O6/c34-33(35,36)29-28(38-31(45-29)24-4-2-1-3-5-24)30(42)37-26-10-6-21(7-11-26)23-14-17-39(18-15-23)32(43)44-27-12-8-22(9-13-27)25(20-41)16-19-40/h1-13,23,25,40-41H,14-20H2,(H,37,42). The quantitative estimate of drug-likeness (QED) is 0.196. The Labute approximate surface area is 257 Å². The maximum Gasteiger partial charge on any atom is 0.452 e. The van der Waals surface area contributed by atoms with E-state index in [-0.39, 0.29) is 30.9 Å².